The van der Waals surface area contributed by atoms with Crippen LogP contribution in [-0.2, 0) is 29.5 Å². The average Bonchev–Trinajstić information content (AvgIpc) is 3.89. The zero-order valence-corrected chi connectivity index (χ0v) is 49.9. The summed E-state index contributed by atoms with van der Waals surface area (Å²) in [7, 11) is -5.45. The van der Waals surface area contributed by atoms with Crippen LogP contribution in [0, 0.1) is 34.5 Å². The smallest absolute Gasteiger partial charge is 0.423 e. The van der Waals surface area contributed by atoms with Crippen molar-refractivity contribution in [2.75, 3.05) is 37.5 Å². The number of benzene rings is 2. The van der Waals surface area contributed by atoms with Crippen LogP contribution in [-0.4, -0.2) is 91.6 Å². The number of primary amides is 2. The summed E-state index contributed by atoms with van der Waals surface area (Å²) >= 11 is 7.23. The lowest BCUT2D eigenvalue weighted by Gasteiger charge is -2.43. The van der Waals surface area contributed by atoms with E-state index in [1.165, 1.54) is 10.9 Å². The van der Waals surface area contributed by atoms with Crippen molar-refractivity contribution in [2.45, 2.75) is 149 Å². The fraction of sp³-hybridized carbons (Fsp3) is 0.569. The molecule has 6 rings (SSSR count). The van der Waals surface area contributed by atoms with Crippen LogP contribution < -0.4 is 28.0 Å². The molecule has 2 aromatic heterocycles. The topological polar surface area (TPSA) is 285 Å². The van der Waals surface area contributed by atoms with E-state index in [-0.39, 0.29) is 58.4 Å². The predicted octanol–water partition coefficient (Wildman–Crippen LogP) is 9.53. The lowest BCUT2D eigenvalue weighted by Crippen LogP contribution is -2.46. The number of rotatable bonds is 13. The second-order valence-electron chi connectivity index (χ2n) is 22.5. The Balaban J connectivity index is 0.000000316. The van der Waals surface area contributed by atoms with E-state index >= 15 is 0 Å². The number of aromatic nitrogens is 4. The van der Waals surface area contributed by atoms with Crippen molar-refractivity contribution in [3.05, 3.63) is 80.0 Å². The van der Waals surface area contributed by atoms with Gasteiger partial charge in [-0.3, -0.25) is 19.0 Å². The highest BCUT2D eigenvalue weighted by molar-refractivity contribution is 9.10. The summed E-state index contributed by atoms with van der Waals surface area (Å²) in [5, 5.41) is 49.4. The van der Waals surface area contributed by atoms with Crippen LogP contribution in [0.1, 0.15) is 133 Å². The van der Waals surface area contributed by atoms with Crippen LogP contribution in [0.3, 0.4) is 0 Å². The Labute approximate surface area is 457 Å². The number of carbonyl (C=O) groups excluding carboxylic acids is 2. The molecule has 4 heterocycles. The fourth-order valence-corrected chi connectivity index (χ4v) is 12.8. The summed E-state index contributed by atoms with van der Waals surface area (Å²) in [4.78, 5) is 23.3. The van der Waals surface area contributed by atoms with Crippen molar-refractivity contribution in [1.29, 1.82) is 10.5 Å². The second kappa shape index (κ2) is 25.2. The van der Waals surface area contributed by atoms with Gasteiger partial charge < -0.3 is 50.9 Å². The van der Waals surface area contributed by atoms with Gasteiger partial charge in [0.2, 0.25) is 0 Å². The highest BCUT2D eigenvalue weighted by Crippen LogP contribution is 2.45. The minimum Gasteiger partial charge on any atom is -0.423 e. The number of amides is 2. The Kier molecular flexibility index (Phi) is 21.7. The van der Waals surface area contributed by atoms with Gasteiger partial charge in [-0.2, -0.15) is 20.7 Å². The molecular formula is C51H79BBr2N10O8Si2. The van der Waals surface area contributed by atoms with Crippen molar-refractivity contribution >= 4 is 90.2 Å². The van der Waals surface area contributed by atoms with Crippen LogP contribution in [0.4, 0.5) is 17.3 Å². The van der Waals surface area contributed by atoms with Crippen molar-refractivity contribution in [3.8, 4) is 12.1 Å². The molecule has 2 aliphatic heterocycles. The van der Waals surface area contributed by atoms with Crippen LogP contribution in [0.25, 0.3) is 0 Å². The third-order valence-electron chi connectivity index (χ3n) is 14.1. The molecule has 2 amide bonds. The average molecular weight is 1190 g/mol. The lowest BCUT2D eigenvalue weighted by molar-refractivity contribution is 0.0341. The van der Waals surface area contributed by atoms with Crippen LogP contribution >= 0.6 is 31.9 Å². The van der Waals surface area contributed by atoms with E-state index in [0.29, 0.717) is 50.5 Å². The Hall–Kier alpha value is -4.40. The molecule has 2 aromatic carbocycles. The predicted molar refractivity (Wildman–Crippen MR) is 304 cm³/mol. The standard InChI is InChI=1S/C25H36BrN5O3Si.C15H26BBrO3Si.C10H13N5O2.CH4/c1-24(2,3)35(6,7)34-25(4,5)19-12-17(8-9-20(19)26)29-23-18(22(28)32)14-31(30-23)21-15-33-11-10-16(21)13-27;1-14(2,3)21(6,7)20-15(4,5)12-10-11(16(18)19)8-9-13(12)17;11-3-6-1-2-17-5-8(6)15-4-7(10(13)16)9(12)14-15;/h8-9,12,14,16,21H,10-11,15H2,1-7H3,(H2,28,32)(H,29,30);8-10,18-19H,1-7H3;4,6,8H,1-2,5H2,(H2,12,14)(H2,13,16);1H4/t16-,21?;;6-,8?;/m1.1./s1. The fourth-order valence-electron chi connectivity index (χ4n) is 7.93. The number of hydrogen-bond donors (Lipinski definition) is 6. The lowest BCUT2D eigenvalue weighted by atomic mass is 9.78. The molecule has 2 fully saturated rings. The van der Waals surface area contributed by atoms with Gasteiger partial charge in [-0.15, -0.1) is 0 Å². The molecule has 2 saturated heterocycles. The largest absolute Gasteiger partial charge is 0.488 e. The second-order valence-corrected chi connectivity index (χ2v) is 33.7. The summed E-state index contributed by atoms with van der Waals surface area (Å²) in [6, 6.07) is 15.2. The first-order valence-electron chi connectivity index (χ1n) is 24.2. The first kappa shape index (κ1) is 63.9. The molecule has 2 unspecified atom stereocenters. The molecule has 4 aromatic rings. The molecule has 406 valence electrons. The Morgan fingerprint density at radius 1 is 0.743 bits per heavy atom. The van der Waals surface area contributed by atoms with Crippen LogP contribution in [0.2, 0.25) is 36.3 Å². The van der Waals surface area contributed by atoms with Crippen LogP contribution in [0.15, 0.2) is 57.7 Å². The van der Waals surface area contributed by atoms with E-state index in [9.17, 15) is 24.9 Å². The van der Waals surface area contributed by atoms with E-state index in [1.54, 1.807) is 23.0 Å². The van der Waals surface area contributed by atoms with Gasteiger partial charge in [-0.25, -0.2) is 0 Å². The summed E-state index contributed by atoms with van der Waals surface area (Å²) in [5.41, 5.74) is 18.9. The first-order chi connectivity index (χ1) is 33.6. The molecular weight excluding hydrogens is 1110 g/mol. The van der Waals surface area contributed by atoms with E-state index in [0.717, 1.165) is 25.8 Å². The van der Waals surface area contributed by atoms with Gasteiger partial charge in [0.1, 0.15) is 11.1 Å². The van der Waals surface area contributed by atoms with Gasteiger partial charge in [-0.05, 0) is 118 Å². The monoisotopic (exact) mass is 1180 g/mol. The van der Waals surface area contributed by atoms with Crippen molar-refractivity contribution in [2.24, 2.45) is 23.3 Å². The van der Waals surface area contributed by atoms with E-state index in [4.69, 9.17) is 40.8 Å². The Morgan fingerprint density at radius 2 is 1.16 bits per heavy atom. The number of carbonyl (C=O) groups is 2. The van der Waals surface area contributed by atoms with E-state index < -0.39 is 46.8 Å². The number of anilines is 3. The highest BCUT2D eigenvalue weighted by atomic mass is 79.9. The van der Waals surface area contributed by atoms with Gasteiger partial charge in [0.05, 0.1) is 60.5 Å². The zero-order valence-electron chi connectivity index (χ0n) is 44.8. The molecule has 0 aliphatic carbocycles. The number of halogens is 2. The number of nitrogens with zero attached hydrogens (tertiary/aromatic N) is 6. The number of ether oxygens (including phenoxy) is 2. The maximum absolute atomic E-state index is 12.2. The Bertz CT molecular complexity index is 2670. The third kappa shape index (κ3) is 15.8. The maximum Gasteiger partial charge on any atom is 0.488 e. The van der Waals surface area contributed by atoms with Crippen molar-refractivity contribution in [3.63, 3.8) is 0 Å². The maximum atomic E-state index is 12.2. The van der Waals surface area contributed by atoms with Gasteiger partial charge in [0.15, 0.2) is 28.3 Å². The minimum atomic E-state index is -2.04. The minimum absolute atomic E-state index is 0. The summed E-state index contributed by atoms with van der Waals surface area (Å²) in [6.45, 7) is 32.2. The zero-order chi connectivity index (χ0) is 55.2. The van der Waals surface area contributed by atoms with Gasteiger partial charge in [0, 0.05) is 40.2 Å². The molecule has 0 spiro atoms. The quantitative estimate of drug-likeness (QED) is 0.0680. The number of hydrogen-bond acceptors (Lipinski definition) is 14. The number of nitriles is 2. The molecule has 4 atom stereocenters. The normalized spacial score (nSPS) is 18.5. The van der Waals surface area contributed by atoms with Gasteiger partial charge in [0.25, 0.3) is 11.8 Å². The number of nitrogen functional groups attached to an aromatic ring is 1. The molecule has 23 heteroatoms. The Morgan fingerprint density at radius 3 is 1.57 bits per heavy atom. The number of nitrogens with one attached hydrogen (secondary N) is 1. The van der Waals surface area contributed by atoms with Crippen molar-refractivity contribution < 1.29 is 38.0 Å². The summed E-state index contributed by atoms with van der Waals surface area (Å²) < 4.78 is 29.2. The number of nitrogens with two attached hydrogens (primary N) is 3. The first-order valence-corrected chi connectivity index (χ1v) is 31.6. The molecule has 0 saturated carbocycles. The summed E-state index contributed by atoms with van der Waals surface area (Å²) in [6.07, 6.45) is 4.34. The van der Waals surface area contributed by atoms with E-state index in [1.807, 2.05) is 38.1 Å². The molecule has 0 bridgehead atoms. The third-order valence-corrected chi connectivity index (χ3v) is 24.8. The molecule has 9 N–H and O–H groups in total. The summed E-state index contributed by atoms with van der Waals surface area (Å²) in [5.74, 6) is -1.23. The van der Waals surface area contributed by atoms with Gasteiger partial charge >= 0.3 is 7.12 Å². The van der Waals surface area contributed by atoms with Crippen LogP contribution in [0.5, 0.6) is 0 Å². The molecule has 0 radical (unpaired) electrons. The SMILES string of the molecule is C.CC(C)(O[Si](C)(C)C(C)(C)C)c1cc(B(O)O)ccc1Br.CC(C)(O[Si](C)(C)C(C)(C)C)c1cc(Nc2nn(C3COCC[C@@H]3C#N)cc2C(N)=O)ccc1Br.N#C[C@H]1CCOCC1n1cc(C(N)=O)c(N)n1. The highest BCUT2D eigenvalue weighted by Gasteiger charge is 2.44. The van der Waals surface area contributed by atoms with Crippen molar-refractivity contribution in [1.82, 2.24) is 19.6 Å². The van der Waals surface area contributed by atoms with E-state index in [2.05, 4.69) is 141 Å². The molecule has 18 nitrogen and oxygen atoms in total. The molecule has 74 heavy (non-hydrogen) atoms. The van der Waals surface area contributed by atoms with Gasteiger partial charge in [-0.1, -0.05) is 93.0 Å². The molecule has 2 aliphatic rings.